The molecule has 0 aliphatic heterocycles. The van der Waals surface area contributed by atoms with Crippen LogP contribution in [-0.4, -0.2) is 22.0 Å². The lowest BCUT2D eigenvalue weighted by molar-refractivity contribution is -0.137. The molecule has 0 aliphatic rings. The first kappa shape index (κ1) is 21.8. The molecular weight excluding hydrogens is 437 g/mol. The number of carbonyl (C=O) groups is 2. The van der Waals surface area contributed by atoms with Crippen molar-refractivity contribution in [1.29, 1.82) is 0 Å². The van der Waals surface area contributed by atoms with Crippen molar-refractivity contribution in [3.8, 4) is 11.5 Å². The maximum atomic E-state index is 12.7. The molecule has 166 valence electrons. The number of anilines is 1. The van der Waals surface area contributed by atoms with Gasteiger partial charge in [-0.3, -0.25) is 4.79 Å². The van der Waals surface area contributed by atoms with E-state index in [4.69, 9.17) is 9.84 Å². The van der Waals surface area contributed by atoms with E-state index in [0.29, 0.717) is 22.6 Å². The summed E-state index contributed by atoms with van der Waals surface area (Å²) in [5, 5.41) is 13.2. The average molecular weight is 452 g/mol. The zero-order valence-corrected chi connectivity index (χ0v) is 16.8. The molecule has 1 aromatic heterocycles. The van der Waals surface area contributed by atoms with Gasteiger partial charge in [-0.1, -0.05) is 12.1 Å². The smallest absolute Gasteiger partial charge is 0.416 e. The van der Waals surface area contributed by atoms with Crippen LogP contribution in [0.4, 0.5) is 18.9 Å². The molecule has 0 atom stereocenters. The second kappa shape index (κ2) is 8.62. The number of rotatable bonds is 5. The molecule has 1 amide bonds. The minimum atomic E-state index is -4.48. The molecular formula is C24H15F3N2O4. The number of hydrogen-bond donors (Lipinski definition) is 2. The Kier molecular flexibility index (Phi) is 5.70. The summed E-state index contributed by atoms with van der Waals surface area (Å²) in [6.07, 6.45) is -3.15. The average Bonchev–Trinajstić information content (AvgIpc) is 2.79. The van der Waals surface area contributed by atoms with E-state index in [2.05, 4.69) is 10.3 Å². The normalized spacial score (nSPS) is 11.2. The van der Waals surface area contributed by atoms with Crippen molar-refractivity contribution < 1.29 is 32.6 Å². The van der Waals surface area contributed by atoms with Gasteiger partial charge in [-0.15, -0.1) is 0 Å². The molecule has 33 heavy (non-hydrogen) atoms. The number of nitrogens with one attached hydrogen (secondary N) is 1. The van der Waals surface area contributed by atoms with Gasteiger partial charge in [-0.05, 0) is 60.0 Å². The number of pyridine rings is 1. The summed E-state index contributed by atoms with van der Waals surface area (Å²) in [4.78, 5) is 27.3. The van der Waals surface area contributed by atoms with Crippen LogP contribution in [0.3, 0.4) is 0 Å². The van der Waals surface area contributed by atoms with E-state index in [9.17, 15) is 22.8 Å². The van der Waals surface area contributed by atoms with E-state index in [1.54, 1.807) is 36.4 Å². The van der Waals surface area contributed by atoms with Crippen molar-refractivity contribution in [3.05, 3.63) is 95.8 Å². The second-order valence-corrected chi connectivity index (χ2v) is 7.00. The van der Waals surface area contributed by atoms with Gasteiger partial charge in [0.2, 0.25) is 0 Å². The lowest BCUT2D eigenvalue weighted by atomic mass is 10.1. The molecule has 4 aromatic rings. The minimum absolute atomic E-state index is 0.0897. The number of carboxylic acids is 1. The van der Waals surface area contributed by atoms with Crippen molar-refractivity contribution in [2.24, 2.45) is 0 Å². The summed E-state index contributed by atoms with van der Waals surface area (Å²) in [6.45, 7) is 0. The molecule has 1 heterocycles. The predicted octanol–water partition coefficient (Wildman–Crippen LogP) is 6.00. The number of fused-ring (bicyclic) bond motifs is 1. The molecule has 0 radical (unpaired) electrons. The first-order valence-electron chi connectivity index (χ1n) is 9.59. The predicted molar refractivity (Wildman–Crippen MR) is 115 cm³/mol. The highest BCUT2D eigenvalue weighted by Crippen LogP contribution is 2.31. The number of carbonyl (C=O) groups excluding carboxylic acids is 1. The van der Waals surface area contributed by atoms with Gasteiger partial charge in [0.25, 0.3) is 5.91 Å². The van der Waals surface area contributed by atoms with Gasteiger partial charge in [0.05, 0.1) is 5.56 Å². The molecule has 4 rings (SSSR count). The van der Waals surface area contributed by atoms with Crippen molar-refractivity contribution in [2.45, 2.75) is 6.18 Å². The van der Waals surface area contributed by atoms with Crippen LogP contribution >= 0.6 is 0 Å². The van der Waals surface area contributed by atoms with Crippen LogP contribution in [0, 0.1) is 0 Å². The minimum Gasteiger partial charge on any atom is -0.477 e. The molecule has 9 heteroatoms. The maximum Gasteiger partial charge on any atom is 0.416 e. The standard InChI is InChI=1S/C24H15F3N2O4/c25-24(26,27)16-6-4-14(5-7-16)22(30)29-20-3-1-2-15-12-17(8-9-19(15)20)33-18-10-11-28-21(13-18)23(31)32/h1-13H,(H,29,30)(H,31,32). The Hall–Kier alpha value is -4.40. The molecule has 0 saturated carbocycles. The van der Waals surface area contributed by atoms with E-state index in [1.807, 2.05) is 0 Å². The lowest BCUT2D eigenvalue weighted by Gasteiger charge is -2.12. The fourth-order valence-electron chi connectivity index (χ4n) is 3.17. The summed E-state index contributed by atoms with van der Waals surface area (Å²) < 4.78 is 43.9. The molecule has 6 nitrogen and oxygen atoms in total. The first-order chi connectivity index (χ1) is 15.7. The molecule has 2 N–H and O–H groups in total. The first-order valence-corrected chi connectivity index (χ1v) is 9.59. The van der Waals surface area contributed by atoms with Crippen LogP contribution in [0.25, 0.3) is 10.8 Å². The zero-order valence-electron chi connectivity index (χ0n) is 16.8. The van der Waals surface area contributed by atoms with Crippen LogP contribution in [0.15, 0.2) is 79.0 Å². The number of amides is 1. The van der Waals surface area contributed by atoms with Crippen LogP contribution < -0.4 is 10.1 Å². The van der Waals surface area contributed by atoms with E-state index < -0.39 is 23.6 Å². The van der Waals surface area contributed by atoms with E-state index >= 15 is 0 Å². The molecule has 0 bridgehead atoms. The van der Waals surface area contributed by atoms with Crippen molar-refractivity contribution in [3.63, 3.8) is 0 Å². The number of hydrogen-bond acceptors (Lipinski definition) is 4. The largest absolute Gasteiger partial charge is 0.477 e. The summed E-state index contributed by atoms with van der Waals surface area (Å²) in [5.74, 6) is -0.980. The van der Waals surface area contributed by atoms with Gasteiger partial charge in [0, 0.05) is 28.9 Å². The highest BCUT2D eigenvalue weighted by atomic mass is 19.4. The van der Waals surface area contributed by atoms with Gasteiger partial charge in [-0.2, -0.15) is 13.2 Å². The number of carboxylic acid groups (broad SMARTS) is 1. The summed E-state index contributed by atoms with van der Waals surface area (Å²) >= 11 is 0. The Morgan fingerprint density at radius 1 is 0.909 bits per heavy atom. The van der Waals surface area contributed by atoms with Crippen LogP contribution in [0.2, 0.25) is 0 Å². The summed E-state index contributed by atoms with van der Waals surface area (Å²) in [7, 11) is 0. The molecule has 0 fully saturated rings. The highest BCUT2D eigenvalue weighted by Gasteiger charge is 2.30. The zero-order chi connectivity index (χ0) is 23.6. The Morgan fingerprint density at radius 3 is 2.33 bits per heavy atom. The number of ether oxygens (including phenoxy) is 1. The maximum absolute atomic E-state index is 12.7. The fraction of sp³-hybridized carbons (Fsp3) is 0.0417. The van der Waals surface area contributed by atoms with Crippen molar-refractivity contribution in [2.75, 3.05) is 5.32 Å². The van der Waals surface area contributed by atoms with E-state index in [0.717, 1.165) is 29.7 Å². The number of aromatic carboxylic acids is 1. The van der Waals surface area contributed by atoms with Gasteiger partial charge < -0.3 is 15.2 Å². The second-order valence-electron chi connectivity index (χ2n) is 7.00. The number of alkyl halides is 3. The van der Waals surface area contributed by atoms with Gasteiger partial charge >= 0.3 is 12.1 Å². The van der Waals surface area contributed by atoms with E-state index in [1.165, 1.54) is 18.3 Å². The monoisotopic (exact) mass is 452 g/mol. The topological polar surface area (TPSA) is 88.5 Å². The number of benzene rings is 3. The number of halogens is 3. The highest BCUT2D eigenvalue weighted by molar-refractivity contribution is 6.09. The third-order valence-corrected chi connectivity index (χ3v) is 4.76. The van der Waals surface area contributed by atoms with Crippen molar-refractivity contribution in [1.82, 2.24) is 4.98 Å². The summed E-state index contributed by atoms with van der Waals surface area (Å²) in [5.41, 5.74) is -0.420. The molecule has 0 aliphatic carbocycles. The van der Waals surface area contributed by atoms with Gasteiger partial charge in [0.15, 0.2) is 5.69 Å². The van der Waals surface area contributed by atoms with Crippen LogP contribution in [0.5, 0.6) is 11.5 Å². The quantitative estimate of drug-likeness (QED) is 0.388. The van der Waals surface area contributed by atoms with E-state index in [-0.39, 0.29) is 11.3 Å². The Labute approximate surface area is 185 Å². The number of nitrogens with zero attached hydrogens (tertiary/aromatic N) is 1. The Balaban J connectivity index is 1.55. The lowest BCUT2D eigenvalue weighted by Crippen LogP contribution is -2.13. The third kappa shape index (κ3) is 4.93. The van der Waals surface area contributed by atoms with Gasteiger partial charge in [0.1, 0.15) is 11.5 Å². The van der Waals surface area contributed by atoms with Crippen LogP contribution in [0.1, 0.15) is 26.4 Å². The fourth-order valence-corrected chi connectivity index (χ4v) is 3.17. The molecule has 0 saturated heterocycles. The molecule has 0 spiro atoms. The Bertz CT molecular complexity index is 1350. The molecule has 0 unspecified atom stereocenters. The van der Waals surface area contributed by atoms with Crippen LogP contribution in [-0.2, 0) is 6.18 Å². The Morgan fingerprint density at radius 2 is 1.64 bits per heavy atom. The summed E-state index contributed by atoms with van der Waals surface area (Å²) in [6, 6.07) is 17.0. The SMILES string of the molecule is O=C(Nc1cccc2cc(Oc3ccnc(C(=O)O)c3)ccc12)c1ccc(C(F)(F)F)cc1. The third-order valence-electron chi connectivity index (χ3n) is 4.76. The molecule has 3 aromatic carbocycles. The number of aromatic nitrogens is 1. The van der Waals surface area contributed by atoms with Gasteiger partial charge in [-0.25, -0.2) is 9.78 Å². The van der Waals surface area contributed by atoms with Crippen molar-refractivity contribution >= 4 is 28.3 Å².